The van der Waals surface area contributed by atoms with Gasteiger partial charge in [-0.3, -0.25) is 9.89 Å². The van der Waals surface area contributed by atoms with E-state index in [0.717, 1.165) is 69.6 Å². The summed E-state index contributed by atoms with van der Waals surface area (Å²) in [6.45, 7) is 5.94. The number of halogens is 2. The van der Waals surface area contributed by atoms with Crippen LogP contribution in [0.4, 0.5) is 4.39 Å². The van der Waals surface area contributed by atoms with Crippen molar-refractivity contribution >= 4 is 29.9 Å². The molecule has 2 heterocycles. The number of piperazine rings is 1. The minimum Gasteiger partial charge on any atom is -0.494 e. The van der Waals surface area contributed by atoms with Crippen molar-refractivity contribution in [2.75, 3.05) is 53.5 Å². The molecule has 2 aromatic carbocycles. The molecule has 6 nitrogen and oxygen atoms in total. The van der Waals surface area contributed by atoms with Gasteiger partial charge in [0.2, 0.25) is 0 Å². The molecule has 0 spiro atoms. The fourth-order valence-corrected chi connectivity index (χ4v) is 4.36. The van der Waals surface area contributed by atoms with Crippen molar-refractivity contribution in [3.05, 3.63) is 59.4 Å². The minimum absolute atomic E-state index is 0. The number of rotatable bonds is 5. The Morgan fingerprint density at radius 2 is 1.97 bits per heavy atom. The average Bonchev–Trinajstić information content (AvgIpc) is 2.81. The Balaban J connectivity index is 0.00000289. The second-order valence-corrected chi connectivity index (χ2v) is 8.03. The lowest BCUT2D eigenvalue weighted by atomic mass is 9.93. The standard InChI is InChI=1S/C24H31FN4O2.HI/c1-26-24(27-16-19-9-14-31-22-6-4-3-5-20(19)22)29-12-10-28(11-13-29)17-18-7-8-23(30-2)21(25)15-18;/h3-8,15,19H,9-14,16-17H2,1-2H3,(H,26,27);1H. The highest BCUT2D eigenvalue weighted by Crippen LogP contribution is 2.32. The maximum atomic E-state index is 14.0. The zero-order valence-electron chi connectivity index (χ0n) is 18.7. The number of benzene rings is 2. The lowest BCUT2D eigenvalue weighted by molar-refractivity contribution is 0.172. The maximum absolute atomic E-state index is 14.0. The van der Waals surface area contributed by atoms with E-state index in [-0.39, 0.29) is 35.5 Å². The summed E-state index contributed by atoms with van der Waals surface area (Å²) in [5.41, 5.74) is 2.24. The van der Waals surface area contributed by atoms with Crippen molar-refractivity contribution in [2.24, 2.45) is 4.99 Å². The Hall–Kier alpha value is -2.07. The fraction of sp³-hybridized carbons (Fsp3) is 0.458. The van der Waals surface area contributed by atoms with E-state index in [1.807, 2.05) is 25.2 Å². The van der Waals surface area contributed by atoms with E-state index >= 15 is 0 Å². The number of hydrogen-bond acceptors (Lipinski definition) is 4. The number of nitrogens with one attached hydrogen (secondary N) is 1. The van der Waals surface area contributed by atoms with E-state index in [9.17, 15) is 4.39 Å². The third kappa shape index (κ3) is 5.83. The highest BCUT2D eigenvalue weighted by atomic mass is 127. The molecule has 1 N–H and O–H groups in total. The van der Waals surface area contributed by atoms with Crippen molar-refractivity contribution < 1.29 is 13.9 Å². The van der Waals surface area contributed by atoms with Crippen LogP contribution in [-0.2, 0) is 6.54 Å². The summed E-state index contributed by atoms with van der Waals surface area (Å²) in [4.78, 5) is 9.16. The van der Waals surface area contributed by atoms with Crippen molar-refractivity contribution in [3.8, 4) is 11.5 Å². The van der Waals surface area contributed by atoms with Crippen LogP contribution in [0, 0.1) is 5.82 Å². The molecule has 4 rings (SSSR count). The van der Waals surface area contributed by atoms with Crippen LogP contribution in [0.25, 0.3) is 0 Å². The van der Waals surface area contributed by atoms with E-state index in [4.69, 9.17) is 9.47 Å². The van der Waals surface area contributed by atoms with Gasteiger partial charge in [0, 0.05) is 52.2 Å². The zero-order valence-corrected chi connectivity index (χ0v) is 21.1. The van der Waals surface area contributed by atoms with Gasteiger partial charge in [0.15, 0.2) is 17.5 Å². The van der Waals surface area contributed by atoms with Crippen LogP contribution in [0.2, 0.25) is 0 Å². The number of para-hydroxylation sites is 1. The van der Waals surface area contributed by atoms with Crippen molar-refractivity contribution in [1.29, 1.82) is 0 Å². The molecule has 0 bridgehead atoms. The predicted molar refractivity (Wildman–Crippen MR) is 136 cm³/mol. The molecule has 0 radical (unpaired) electrons. The molecule has 0 saturated carbocycles. The summed E-state index contributed by atoms with van der Waals surface area (Å²) in [6, 6.07) is 13.5. The summed E-state index contributed by atoms with van der Waals surface area (Å²) in [6.07, 6.45) is 1.01. The number of guanidine groups is 1. The first-order chi connectivity index (χ1) is 15.2. The first-order valence-corrected chi connectivity index (χ1v) is 10.9. The Labute approximate surface area is 206 Å². The van der Waals surface area contributed by atoms with Gasteiger partial charge >= 0.3 is 0 Å². The third-order valence-corrected chi connectivity index (χ3v) is 6.10. The molecular weight excluding hydrogens is 522 g/mol. The van der Waals surface area contributed by atoms with E-state index in [2.05, 4.69) is 32.2 Å². The molecule has 2 aromatic rings. The second-order valence-electron chi connectivity index (χ2n) is 8.03. The first kappa shape index (κ1) is 24.6. The molecule has 0 amide bonds. The van der Waals surface area contributed by atoms with Gasteiger partial charge in [-0.05, 0) is 35.7 Å². The minimum atomic E-state index is -0.307. The number of methoxy groups -OCH3 is 1. The van der Waals surface area contributed by atoms with Gasteiger partial charge in [-0.2, -0.15) is 0 Å². The fourth-order valence-electron chi connectivity index (χ4n) is 4.36. The van der Waals surface area contributed by atoms with E-state index in [1.54, 1.807) is 12.1 Å². The summed E-state index contributed by atoms with van der Waals surface area (Å²) in [7, 11) is 3.33. The van der Waals surface area contributed by atoms with Crippen LogP contribution in [0.15, 0.2) is 47.5 Å². The molecule has 32 heavy (non-hydrogen) atoms. The van der Waals surface area contributed by atoms with Gasteiger partial charge in [-0.25, -0.2) is 4.39 Å². The number of nitrogens with zero attached hydrogens (tertiary/aromatic N) is 3. The van der Waals surface area contributed by atoms with E-state index in [0.29, 0.717) is 5.92 Å². The lowest BCUT2D eigenvalue weighted by Gasteiger charge is -2.37. The predicted octanol–water partition coefficient (Wildman–Crippen LogP) is 3.71. The first-order valence-electron chi connectivity index (χ1n) is 10.9. The largest absolute Gasteiger partial charge is 0.494 e. The van der Waals surface area contributed by atoms with Crippen molar-refractivity contribution in [1.82, 2.24) is 15.1 Å². The molecule has 1 unspecified atom stereocenters. The normalized spacial score (nSPS) is 18.9. The van der Waals surface area contributed by atoms with Crippen LogP contribution in [0.5, 0.6) is 11.5 Å². The molecule has 1 atom stereocenters. The molecule has 0 aromatic heterocycles. The summed E-state index contributed by atoms with van der Waals surface area (Å²) in [5.74, 6) is 2.35. The monoisotopic (exact) mass is 554 g/mol. The molecule has 2 aliphatic heterocycles. The van der Waals surface area contributed by atoms with Gasteiger partial charge in [-0.15, -0.1) is 24.0 Å². The third-order valence-electron chi connectivity index (χ3n) is 6.10. The summed E-state index contributed by atoms with van der Waals surface area (Å²) < 4.78 is 24.8. The number of ether oxygens (including phenoxy) is 2. The van der Waals surface area contributed by atoms with E-state index < -0.39 is 0 Å². The molecule has 2 aliphatic rings. The van der Waals surface area contributed by atoms with E-state index in [1.165, 1.54) is 12.7 Å². The highest BCUT2D eigenvalue weighted by molar-refractivity contribution is 14.0. The quantitative estimate of drug-likeness (QED) is 0.347. The smallest absolute Gasteiger partial charge is 0.193 e. The molecule has 1 saturated heterocycles. The topological polar surface area (TPSA) is 49.3 Å². The second kappa shape index (κ2) is 11.7. The van der Waals surface area contributed by atoms with Crippen LogP contribution in [0.1, 0.15) is 23.5 Å². The van der Waals surface area contributed by atoms with Gasteiger partial charge in [0.25, 0.3) is 0 Å². The van der Waals surface area contributed by atoms with Gasteiger partial charge in [0.1, 0.15) is 5.75 Å². The Bertz CT molecular complexity index is 919. The molecule has 0 aliphatic carbocycles. The molecular formula is C24H32FIN4O2. The number of fused-ring (bicyclic) bond motifs is 1. The maximum Gasteiger partial charge on any atom is 0.193 e. The van der Waals surface area contributed by atoms with Crippen molar-refractivity contribution in [2.45, 2.75) is 18.9 Å². The SMILES string of the molecule is CN=C(NCC1CCOc2ccccc21)N1CCN(Cc2ccc(OC)c(F)c2)CC1.I. The van der Waals surface area contributed by atoms with Gasteiger partial charge < -0.3 is 19.7 Å². The average molecular weight is 554 g/mol. The Morgan fingerprint density at radius 3 is 2.69 bits per heavy atom. The summed E-state index contributed by atoms with van der Waals surface area (Å²) in [5, 5.41) is 3.57. The molecule has 8 heteroatoms. The zero-order chi connectivity index (χ0) is 21.6. The summed E-state index contributed by atoms with van der Waals surface area (Å²) >= 11 is 0. The van der Waals surface area contributed by atoms with Gasteiger partial charge in [-0.1, -0.05) is 24.3 Å². The van der Waals surface area contributed by atoms with Crippen LogP contribution in [0.3, 0.4) is 0 Å². The van der Waals surface area contributed by atoms with Gasteiger partial charge in [0.05, 0.1) is 13.7 Å². The molecule has 174 valence electrons. The number of hydrogen-bond donors (Lipinski definition) is 1. The van der Waals surface area contributed by atoms with Crippen molar-refractivity contribution in [3.63, 3.8) is 0 Å². The lowest BCUT2D eigenvalue weighted by Crippen LogP contribution is -2.52. The van der Waals surface area contributed by atoms with Crippen LogP contribution >= 0.6 is 24.0 Å². The van der Waals surface area contributed by atoms with Crippen LogP contribution in [-0.4, -0.2) is 69.2 Å². The number of aliphatic imine (C=N–C) groups is 1. The Kier molecular flexibility index (Phi) is 8.98. The highest BCUT2D eigenvalue weighted by Gasteiger charge is 2.24. The molecule has 1 fully saturated rings. The Morgan fingerprint density at radius 1 is 1.19 bits per heavy atom. The van der Waals surface area contributed by atoms with Crippen LogP contribution < -0.4 is 14.8 Å².